The number of hydrogen-bond acceptors (Lipinski definition) is 4. The van der Waals surface area contributed by atoms with Gasteiger partial charge in [-0.25, -0.2) is 0 Å². The Bertz CT molecular complexity index is 184. The van der Waals surface area contributed by atoms with Crippen LogP contribution in [0.2, 0.25) is 0 Å². The van der Waals surface area contributed by atoms with Crippen LogP contribution in [0.4, 0.5) is 0 Å². The van der Waals surface area contributed by atoms with E-state index >= 15 is 0 Å². The molecule has 0 aliphatic carbocycles. The molecule has 0 radical (unpaired) electrons. The summed E-state index contributed by atoms with van der Waals surface area (Å²) in [5, 5.41) is 16.9. The van der Waals surface area contributed by atoms with Gasteiger partial charge in [-0.2, -0.15) is 0 Å². The molecule has 17 heavy (non-hydrogen) atoms. The van der Waals surface area contributed by atoms with E-state index in [1.165, 1.54) is 12.8 Å². The average molecular weight is 277 g/mol. The third kappa shape index (κ3) is 14.0. The maximum Gasteiger partial charge on any atom is 0.0641 e. The molecular weight excluding hydrogens is 248 g/mol. The Balaban J connectivity index is 0. The quantitative estimate of drug-likeness (QED) is 0.335. The summed E-state index contributed by atoms with van der Waals surface area (Å²) in [6, 6.07) is 0. The van der Waals surface area contributed by atoms with E-state index in [4.69, 9.17) is 10.8 Å². The molecule has 0 saturated heterocycles. The van der Waals surface area contributed by atoms with E-state index in [0.717, 1.165) is 47.3 Å². The molecule has 102 valence electrons. The fourth-order valence-electron chi connectivity index (χ4n) is 1.42. The van der Waals surface area contributed by atoms with Gasteiger partial charge in [0.15, 0.2) is 0 Å². The molecule has 0 aromatic heterocycles. The van der Waals surface area contributed by atoms with Gasteiger partial charge in [-0.15, -0.1) is 23.5 Å². The average Bonchev–Trinajstić information content (AvgIpc) is 2.24. The van der Waals surface area contributed by atoms with E-state index in [1.807, 2.05) is 0 Å². The van der Waals surface area contributed by atoms with Gasteiger partial charge in [0, 0.05) is 0 Å². The van der Waals surface area contributed by atoms with E-state index in [-0.39, 0.29) is 7.43 Å². The number of hydrogen-bond donors (Lipinski definition) is 2. The van der Waals surface area contributed by atoms with Crippen LogP contribution in [0.5, 0.6) is 0 Å². The Labute approximate surface area is 116 Å². The number of rotatable bonds is 9. The lowest BCUT2D eigenvalue weighted by Crippen LogP contribution is -1.93. The van der Waals surface area contributed by atoms with Crippen molar-refractivity contribution in [2.45, 2.75) is 59.8 Å². The van der Waals surface area contributed by atoms with E-state index < -0.39 is 0 Å². The molecule has 0 rings (SSSR count). The summed E-state index contributed by atoms with van der Waals surface area (Å²) in [5.74, 6) is 2.04. The van der Waals surface area contributed by atoms with Crippen molar-refractivity contribution in [2.75, 3.05) is 11.5 Å². The predicted molar refractivity (Wildman–Crippen MR) is 86.2 cm³/mol. The molecule has 0 amide bonds. The first-order chi connectivity index (χ1) is 7.70. The topological polar surface area (TPSA) is 47.7 Å². The molecule has 0 unspecified atom stereocenters. The maximum atomic E-state index is 7.62. The highest BCUT2D eigenvalue weighted by Gasteiger charge is 1.98. The molecule has 0 saturated carbocycles. The zero-order chi connectivity index (χ0) is 12.2. The maximum absolute atomic E-state index is 7.62. The van der Waals surface area contributed by atoms with Gasteiger partial charge < -0.3 is 0 Å². The van der Waals surface area contributed by atoms with Crippen LogP contribution in [0.15, 0.2) is 0 Å². The second-order valence-electron chi connectivity index (χ2n) is 3.63. The molecule has 0 aromatic rings. The van der Waals surface area contributed by atoms with E-state index in [2.05, 4.69) is 13.8 Å². The Morgan fingerprint density at radius 1 is 0.765 bits per heavy atom. The van der Waals surface area contributed by atoms with Gasteiger partial charge in [0.1, 0.15) is 0 Å². The van der Waals surface area contributed by atoms with Gasteiger partial charge >= 0.3 is 0 Å². The molecule has 0 aliphatic heterocycles. The zero-order valence-corrected chi connectivity index (χ0v) is 12.1. The Morgan fingerprint density at radius 3 is 1.41 bits per heavy atom. The first-order valence-electron chi connectivity index (χ1n) is 6.11. The standard InChI is InChI=1S/C12H24N2S2.CH4/c1-3-15-11(13)9-7-5-6-8-10-12(14)16-4-2;/h13-14H,3-10H2,1-2H3;1H4. The van der Waals surface area contributed by atoms with Crippen molar-refractivity contribution in [2.24, 2.45) is 0 Å². The minimum absolute atomic E-state index is 0. The summed E-state index contributed by atoms with van der Waals surface area (Å²) in [4.78, 5) is 0. The summed E-state index contributed by atoms with van der Waals surface area (Å²) in [5.41, 5.74) is 0. The summed E-state index contributed by atoms with van der Waals surface area (Å²) >= 11 is 3.30. The lowest BCUT2D eigenvalue weighted by molar-refractivity contribution is 0.668. The molecule has 2 nitrogen and oxygen atoms in total. The van der Waals surface area contributed by atoms with Crippen molar-refractivity contribution in [1.82, 2.24) is 0 Å². The molecule has 2 N–H and O–H groups in total. The largest absolute Gasteiger partial charge is 0.298 e. The van der Waals surface area contributed by atoms with Crippen LogP contribution >= 0.6 is 23.5 Å². The molecule has 4 heteroatoms. The van der Waals surface area contributed by atoms with Gasteiger partial charge in [-0.1, -0.05) is 34.1 Å². The molecule has 0 fully saturated rings. The highest BCUT2D eigenvalue weighted by molar-refractivity contribution is 8.14. The van der Waals surface area contributed by atoms with Crippen molar-refractivity contribution in [1.29, 1.82) is 10.8 Å². The molecule has 0 aliphatic rings. The van der Waals surface area contributed by atoms with Crippen molar-refractivity contribution in [3.8, 4) is 0 Å². The van der Waals surface area contributed by atoms with E-state index in [1.54, 1.807) is 23.5 Å². The minimum Gasteiger partial charge on any atom is -0.298 e. The van der Waals surface area contributed by atoms with Crippen LogP contribution in [-0.4, -0.2) is 21.6 Å². The monoisotopic (exact) mass is 276 g/mol. The van der Waals surface area contributed by atoms with Crippen LogP contribution < -0.4 is 0 Å². The summed E-state index contributed by atoms with van der Waals surface area (Å²) in [7, 11) is 0. The van der Waals surface area contributed by atoms with Crippen LogP contribution in [0, 0.1) is 10.8 Å². The second-order valence-corrected chi connectivity index (χ2v) is 6.34. The summed E-state index contributed by atoms with van der Waals surface area (Å²) < 4.78 is 0. The fourth-order valence-corrected chi connectivity index (χ4v) is 2.69. The molecular formula is C13H28N2S2. The molecule has 0 atom stereocenters. The number of unbranched alkanes of at least 4 members (excludes halogenated alkanes) is 3. The number of nitrogens with one attached hydrogen (secondary N) is 2. The van der Waals surface area contributed by atoms with Gasteiger partial charge in [0.25, 0.3) is 0 Å². The van der Waals surface area contributed by atoms with Crippen molar-refractivity contribution < 1.29 is 0 Å². The molecule has 0 heterocycles. The van der Waals surface area contributed by atoms with E-state index in [0.29, 0.717) is 0 Å². The van der Waals surface area contributed by atoms with Crippen molar-refractivity contribution in [3.63, 3.8) is 0 Å². The highest BCUT2D eigenvalue weighted by atomic mass is 32.2. The second kappa shape index (κ2) is 14.1. The smallest absolute Gasteiger partial charge is 0.0641 e. The van der Waals surface area contributed by atoms with Crippen LogP contribution in [0.25, 0.3) is 0 Å². The fraction of sp³-hybridized carbons (Fsp3) is 0.846. The van der Waals surface area contributed by atoms with Crippen LogP contribution in [0.1, 0.15) is 59.8 Å². The Morgan fingerprint density at radius 2 is 1.12 bits per heavy atom. The third-order valence-electron chi connectivity index (χ3n) is 2.19. The lowest BCUT2D eigenvalue weighted by Gasteiger charge is -2.03. The van der Waals surface area contributed by atoms with E-state index in [9.17, 15) is 0 Å². The molecule has 0 bridgehead atoms. The van der Waals surface area contributed by atoms with Gasteiger partial charge in [0.05, 0.1) is 10.1 Å². The first-order valence-corrected chi connectivity index (χ1v) is 8.08. The Kier molecular flexibility index (Phi) is 16.1. The minimum atomic E-state index is 0. The number of thioether (sulfide) groups is 2. The van der Waals surface area contributed by atoms with Crippen LogP contribution in [-0.2, 0) is 0 Å². The normalized spacial score (nSPS) is 9.76. The molecule has 0 spiro atoms. The zero-order valence-electron chi connectivity index (χ0n) is 10.5. The highest BCUT2D eigenvalue weighted by Crippen LogP contribution is 2.13. The Hall–Kier alpha value is 0.0400. The van der Waals surface area contributed by atoms with Gasteiger partial charge in [-0.3, -0.25) is 10.8 Å². The SMILES string of the molecule is C.CCSC(=N)CCCCCCC(=N)SCC. The predicted octanol–water partition coefficient (Wildman–Crippen LogP) is 5.42. The van der Waals surface area contributed by atoms with Gasteiger partial charge in [-0.05, 0) is 37.2 Å². The van der Waals surface area contributed by atoms with Crippen molar-refractivity contribution >= 4 is 33.6 Å². The van der Waals surface area contributed by atoms with Gasteiger partial charge in [0.2, 0.25) is 0 Å². The lowest BCUT2D eigenvalue weighted by atomic mass is 10.1. The summed E-state index contributed by atoms with van der Waals surface area (Å²) in [6.45, 7) is 4.19. The first kappa shape index (κ1) is 19.4. The third-order valence-corrected chi connectivity index (χ3v) is 3.88. The van der Waals surface area contributed by atoms with Crippen molar-refractivity contribution in [3.05, 3.63) is 0 Å². The van der Waals surface area contributed by atoms with Crippen LogP contribution in [0.3, 0.4) is 0 Å². The molecule has 0 aromatic carbocycles. The summed E-state index contributed by atoms with van der Waals surface area (Å²) in [6.07, 6.45) is 6.58.